The number of Topliss-reactive ketones (excluding diaryl/α,β-unsaturated/α-hetero) is 1. The van der Waals surface area contributed by atoms with Crippen LogP contribution in [0.2, 0.25) is 0 Å². The van der Waals surface area contributed by atoms with Crippen molar-refractivity contribution in [2.45, 2.75) is 176 Å². The molecule has 236 valence electrons. The van der Waals surface area contributed by atoms with Crippen molar-refractivity contribution in [1.82, 2.24) is 0 Å². The number of allylic oxidation sites excluding steroid dienone is 8. The number of ether oxygens (including phenoxy) is 1. The zero-order valence-electron chi connectivity index (χ0n) is 27.9. The minimum Gasteiger partial charge on any atom is -0.466 e. The van der Waals surface area contributed by atoms with E-state index in [-0.39, 0.29) is 11.8 Å². The van der Waals surface area contributed by atoms with E-state index in [1.165, 1.54) is 87.3 Å². The van der Waals surface area contributed by atoms with Crippen LogP contribution >= 0.6 is 0 Å². The SMILES string of the molecule is CCCCCCCC/C=C\CCCCCCCC(=O)OCCC/C(C)=C/CC/C(C)=C/CC/C(C)=C/CCC(C)=O. The molecule has 0 rings (SSSR count). The normalized spacial score (nSPS) is 12.9. The molecular formula is C38H66O3. The summed E-state index contributed by atoms with van der Waals surface area (Å²) >= 11 is 0. The van der Waals surface area contributed by atoms with Gasteiger partial charge in [0.1, 0.15) is 5.78 Å². The predicted molar refractivity (Wildman–Crippen MR) is 179 cm³/mol. The summed E-state index contributed by atoms with van der Waals surface area (Å²) in [7, 11) is 0. The molecule has 0 aliphatic heterocycles. The molecule has 3 heteroatoms. The zero-order valence-corrected chi connectivity index (χ0v) is 27.9. The van der Waals surface area contributed by atoms with Gasteiger partial charge in [-0.3, -0.25) is 4.79 Å². The fourth-order valence-electron chi connectivity index (χ4n) is 4.87. The Hall–Kier alpha value is -1.90. The average molecular weight is 571 g/mol. The largest absolute Gasteiger partial charge is 0.466 e. The highest BCUT2D eigenvalue weighted by molar-refractivity contribution is 5.75. The molecule has 3 nitrogen and oxygen atoms in total. The summed E-state index contributed by atoms with van der Waals surface area (Å²) in [4.78, 5) is 23.0. The van der Waals surface area contributed by atoms with Gasteiger partial charge in [-0.1, -0.05) is 105 Å². The third-order valence-electron chi connectivity index (χ3n) is 7.67. The lowest BCUT2D eigenvalue weighted by Crippen LogP contribution is -2.05. The van der Waals surface area contributed by atoms with E-state index in [0.29, 0.717) is 19.4 Å². The summed E-state index contributed by atoms with van der Waals surface area (Å²) in [6.45, 7) is 11.0. The first-order chi connectivity index (χ1) is 19.8. The van der Waals surface area contributed by atoms with Gasteiger partial charge in [-0.15, -0.1) is 0 Å². The number of hydrogen-bond donors (Lipinski definition) is 0. The molecule has 0 radical (unpaired) electrons. The molecule has 0 saturated heterocycles. The van der Waals surface area contributed by atoms with E-state index in [9.17, 15) is 9.59 Å². The fraction of sp³-hybridized carbons (Fsp3) is 0.737. The van der Waals surface area contributed by atoms with E-state index >= 15 is 0 Å². The van der Waals surface area contributed by atoms with Crippen molar-refractivity contribution in [3.05, 3.63) is 47.1 Å². The third-order valence-corrected chi connectivity index (χ3v) is 7.67. The van der Waals surface area contributed by atoms with Crippen LogP contribution in [0.4, 0.5) is 0 Å². The summed E-state index contributed by atoms with van der Waals surface area (Å²) < 4.78 is 5.45. The van der Waals surface area contributed by atoms with Crippen molar-refractivity contribution >= 4 is 11.8 Å². The van der Waals surface area contributed by atoms with Gasteiger partial charge >= 0.3 is 5.97 Å². The van der Waals surface area contributed by atoms with E-state index in [1.807, 2.05) is 0 Å². The lowest BCUT2D eigenvalue weighted by molar-refractivity contribution is -0.143. The Kier molecular flexibility index (Phi) is 28.2. The van der Waals surface area contributed by atoms with Crippen LogP contribution in [0.25, 0.3) is 0 Å². The summed E-state index contributed by atoms with van der Waals surface area (Å²) in [6, 6.07) is 0. The van der Waals surface area contributed by atoms with Crippen molar-refractivity contribution in [2.75, 3.05) is 6.61 Å². The molecule has 0 aromatic heterocycles. The van der Waals surface area contributed by atoms with Crippen LogP contribution in [0.1, 0.15) is 176 Å². The summed E-state index contributed by atoms with van der Waals surface area (Å²) in [6.07, 6.45) is 36.4. The molecule has 0 aromatic rings. The van der Waals surface area contributed by atoms with Gasteiger partial charge in [0.25, 0.3) is 0 Å². The molecule has 0 spiro atoms. The monoisotopic (exact) mass is 571 g/mol. The maximum absolute atomic E-state index is 12.0. The first-order valence-corrected chi connectivity index (χ1v) is 17.1. The van der Waals surface area contributed by atoms with Gasteiger partial charge in [0.05, 0.1) is 6.61 Å². The minimum atomic E-state index is -0.0334. The summed E-state index contributed by atoms with van der Waals surface area (Å²) in [5, 5.41) is 0. The Morgan fingerprint density at radius 1 is 0.488 bits per heavy atom. The topological polar surface area (TPSA) is 43.4 Å². The van der Waals surface area contributed by atoms with Crippen molar-refractivity contribution in [2.24, 2.45) is 0 Å². The third kappa shape index (κ3) is 30.9. The van der Waals surface area contributed by atoms with Gasteiger partial charge in [0.15, 0.2) is 0 Å². The van der Waals surface area contributed by atoms with E-state index in [4.69, 9.17) is 4.74 Å². The van der Waals surface area contributed by atoms with Crippen LogP contribution in [-0.2, 0) is 14.3 Å². The first-order valence-electron chi connectivity index (χ1n) is 17.1. The van der Waals surface area contributed by atoms with Gasteiger partial charge in [-0.2, -0.15) is 0 Å². The number of hydrogen-bond acceptors (Lipinski definition) is 3. The molecule has 0 amide bonds. The first kappa shape index (κ1) is 39.1. The second-order valence-corrected chi connectivity index (χ2v) is 12.1. The Bertz CT molecular complexity index is 768. The smallest absolute Gasteiger partial charge is 0.305 e. The standard InChI is InChI=1S/C38H66O3/c1-6-7-8-9-10-11-12-13-14-15-16-17-18-19-20-32-38(40)41-33-24-30-36(4)28-22-26-34(2)25-21-27-35(3)29-23-31-37(5)39/h13-14,25,28-29H,6-12,15-24,26-27,30-33H2,1-5H3/b14-13-,34-25+,35-29+,36-28+. The molecular weight excluding hydrogens is 504 g/mol. The quantitative estimate of drug-likeness (QED) is 0.0533. The van der Waals surface area contributed by atoms with E-state index < -0.39 is 0 Å². The molecule has 0 atom stereocenters. The van der Waals surface area contributed by atoms with Crippen LogP contribution in [0.3, 0.4) is 0 Å². The van der Waals surface area contributed by atoms with Crippen molar-refractivity contribution < 1.29 is 14.3 Å². The Labute approximate surface area is 255 Å². The molecule has 0 aliphatic rings. The summed E-state index contributed by atoms with van der Waals surface area (Å²) in [5.74, 6) is 0.229. The van der Waals surface area contributed by atoms with Crippen LogP contribution in [0.15, 0.2) is 47.1 Å². The van der Waals surface area contributed by atoms with Crippen LogP contribution in [0.5, 0.6) is 0 Å². The highest BCUT2D eigenvalue weighted by Gasteiger charge is 2.03. The average Bonchev–Trinajstić information content (AvgIpc) is 2.93. The van der Waals surface area contributed by atoms with Gasteiger partial charge in [-0.25, -0.2) is 0 Å². The molecule has 41 heavy (non-hydrogen) atoms. The number of carbonyl (C=O) groups excluding carboxylic acids is 2. The highest BCUT2D eigenvalue weighted by atomic mass is 16.5. The summed E-state index contributed by atoms with van der Waals surface area (Å²) in [5.41, 5.74) is 4.20. The van der Waals surface area contributed by atoms with Gasteiger partial charge in [-0.05, 0) is 105 Å². The number of carbonyl (C=O) groups is 2. The lowest BCUT2D eigenvalue weighted by atomic mass is 10.0. The number of ketones is 1. The molecule has 0 N–H and O–H groups in total. The Balaban J connectivity index is 3.65. The predicted octanol–water partition coefficient (Wildman–Crippen LogP) is 12.1. The van der Waals surface area contributed by atoms with Crippen LogP contribution in [-0.4, -0.2) is 18.4 Å². The second-order valence-electron chi connectivity index (χ2n) is 12.1. The van der Waals surface area contributed by atoms with Crippen molar-refractivity contribution in [1.29, 1.82) is 0 Å². The van der Waals surface area contributed by atoms with Crippen molar-refractivity contribution in [3.8, 4) is 0 Å². The number of esters is 1. The molecule has 0 aliphatic carbocycles. The molecule has 0 bridgehead atoms. The highest BCUT2D eigenvalue weighted by Crippen LogP contribution is 2.14. The molecule has 0 aromatic carbocycles. The molecule has 0 saturated carbocycles. The van der Waals surface area contributed by atoms with Gasteiger partial charge < -0.3 is 9.53 Å². The maximum Gasteiger partial charge on any atom is 0.305 e. The zero-order chi connectivity index (χ0) is 30.4. The molecule has 0 fully saturated rings. The Morgan fingerprint density at radius 2 is 0.951 bits per heavy atom. The van der Waals surface area contributed by atoms with Gasteiger partial charge in [0, 0.05) is 12.8 Å². The van der Waals surface area contributed by atoms with Crippen LogP contribution in [0, 0.1) is 0 Å². The maximum atomic E-state index is 12.0. The van der Waals surface area contributed by atoms with Crippen LogP contribution < -0.4 is 0 Å². The fourth-order valence-corrected chi connectivity index (χ4v) is 4.87. The van der Waals surface area contributed by atoms with Gasteiger partial charge in [0.2, 0.25) is 0 Å². The van der Waals surface area contributed by atoms with Crippen molar-refractivity contribution in [3.63, 3.8) is 0 Å². The second kappa shape index (κ2) is 29.6. The lowest BCUT2D eigenvalue weighted by Gasteiger charge is -2.06. The van der Waals surface area contributed by atoms with E-state index in [2.05, 4.69) is 58.1 Å². The van der Waals surface area contributed by atoms with E-state index in [0.717, 1.165) is 57.8 Å². The molecule has 0 unspecified atom stereocenters. The minimum absolute atomic E-state index is 0.0334. The molecule has 0 heterocycles. The number of rotatable bonds is 28. The Morgan fingerprint density at radius 3 is 1.49 bits per heavy atom. The number of unbranched alkanes of at least 4 members (excludes halogenated alkanes) is 11. The van der Waals surface area contributed by atoms with E-state index in [1.54, 1.807) is 6.92 Å².